The molecule has 2 fully saturated rings. The molecule has 0 N–H and O–H groups in total. The highest BCUT2D eigenvalue weighted by molar-refractivity contribution is 8.18. The molecule has 0 atom stereocenters. The number of carbonyl (C=O) groups is 3. The SMILES string of the molecule is CC(C)(C)OC(=O)CN1C(=O)S/C(=C\c2ccc(N3CCCCC3)o2)C1=O. The molecule has 0 aromatic carbocycles. The molecule has 27 heavy (non-hydrogen) atoms. The summed E-state index contributed by atoms with van der Waals surface area (Å²) >= 11 is 0.799. The predicted molar refractivity (Wildman–Crippen MR) is 103 cm³/mol. The third-order valence-corrected chi connectivity index (χ3v) is 5.04. The highest BCUT2D eigenvalue weighted by Gasteiger charge is 2.37. The van der Waals surface area contributed by atoms with Crippen molar-refractivity contribution in [2.75, 3.05) is 24.5 Å². The number of ether oxygens (including phenoxy) is 1. The van der Waals surface area contributed by atoms with Gasteiger partial charge >= 0.3 is 5.97 Å². The number of amides is 2. The van der Waals surface area contributed by atoms with Crippen LogP contribution in [0, 0.1) is 0 Å². The topological polar surface area (TPSA) is 80.1 Å². The summed E-state index contributed by atoms with van der Waals surface area (Å²) < 4.78 is 11.0. The van der Waals surface area contributed by atoms with E-state index >= 15 is 0 Å². The molecule has 3 rings (SSSR count). The maximum Gasteiger partial charge on any atom is 0.326 e. The zero-order chi connectivity index (χ0) is 19.6. The molecule has 2 aliphatic rings. The van der Waals surface area contributed by atoms with E-state index in [2.05, 4.69) is 4.90 Å². The van der Waals surface area contributed by atoms with Gasteiger partial charge in [-0.25, -0.2) is 0 Å². The first-order valence-electron chi connectivity index (χ1n) is 9.05. The Balaban J connectivity index is 1.67. The van der Waals surface area contributed by atoms with Gasteiger partial charge in [-0.15, -0.1) is 0 Å². The van der Waals surface area contributed by atoms with Crippen molar-refractivity contribution in [2.24, 2.45) is 0 Å². The van der Waals surface area contributed by atoms with Gasteiger partial charge < -0.3 is 14.1 Å². The zero-order valence-electron chi connectivity index (χ0n) is 15.8. The minimum Gasteiger partial charge on any atom is -0.459 e. The van der Waals surface area contributed by atoms with Crippen LogP contribution in [0.5, 0.6) is 0 Å². The van der Waals surface area contributed by atoms with E-state index < -0.39 is 29.3 Å². The number of hydrogen-bond acceptors (Lipinski definition) is 7. The van der Waals surface area contributed by atoms with Crippen LogP contribution in [0.3, 0.4) is 0 Å². The van der Waals surface area contributed by atoms with E-state index in [-0.39, 0.29) is 4.91 Å². The fourth-order valence-electron chi connectivity index (χ4n) is 2.97. The van der Waals surface area contributed by atoms with Crippen molar-refractivity contribution in [1.82, 2.24) is 4.90 Å². The second kappa shape index (κ2) is 7.80. The van der Waals surface area contributed by atoms with Gasteiger partial charge in [0.05, 0.1) is 4.91 Å². The average molecular weight is 392 g/mol. The van der Waals surface area contributed by atoms with Crippen LogP contribution in [-0.2, 0) is 14.3 Å². The van der Waals surface area contributed by atoms with Gasteiger partial charge in [-0.1, -0.05) is 0 Å². The number of hydrogen-bond donors (Lipinski definition) is 0. The second-order valence-corrected chi connectivity index (χ2v) is 8.57. The maximum absolute atomic E-state index is 12.5. The zero-order valence-corrected chi connectivity index (χ0v) is 16.6. The molecule has 7 nitrogen and oxygen atoms in total. The third kappa shape index (κ3) is 4.94. The third-order valence-electron chi connectivity index (χ3n) is 4.13. The lowest BCUT2D eigenvalue weighted by Gasteiger charge is -2.25. The number of esters is 1. The molecular formula is C19H24N2O5S. The molecule has 0 radical (unpaired) electrons. The Morgan fingerprint density at radius 3 is 2.59 bits per heavy atom. The number of rotatable bonds is 4. The van der Waals surface area contributed by atoms with Gasteiger partial charge in [0.15, 0.2) is 5.88 Å². The summed E-state index contributed by atoms with van der Waals surface area (Å²) in [6, 6.07) is 3.66. The first kappa shape index (κ1) is 19.5. The monoisotopic (exact) mass is 392 g/mol. The Kier molecular flexibility index (Phi) is 5.64. The Morgan fingerprint density at radius 1 is 1.22 bits per heavy atom. The predicted octanol–water partition coefficient (Wildman–Crippen LogP) is 3.65. The van der Waals surface area contributed by atoms with Crippen LogP contribution in [0.4, 0.5) is 10.7 Å². The lowest BCUT2D eigenvalue weighted by molar-refractivity contribution is -0.156. The molecule has 146 valence electrons. The van der Waals surface area contributed by atoms with Crippen LogP contribution in [-0.4, -0.2) is 47.3 Å². The van der Waals surface area contributed by atoms with Crippen LogP contribution >= 0.6 is 11.8 Å². The van der Waals surface area contributed by atoms with Gasteiger partial charge in [-0.2, -0.15) is 0 Å². The van der Waals surface area contributed by atoms with Crippen molar-refractivity contribution < 1.29 is 23.5 Å². The molecule has 0 bridgehead atoms. The first-order valence-corrected chi connectivity index (χ1v) is 9.86. The fraction of sp³-hybridized carbons (Fsp3) is 0.526. The van der Waals surface area contributed by atoms with E-state index in [1.54, 1.807) is 32.9 Å². The second-order valence-electron chi connectivity index (χ2n) is 7.58. The highest BCUT2D eigenvalue weighted by atomic mass is 32.2. The summed E-state index contributed by atoms with van der Waals surface area (Å²) in [5, 5.41) is -0.486. The molecule has 1 aromatic rings. The lowest BCUT2D eigenvalue weighted by Crippen LogP contribution is -2.37. The van der Waals surface area contributed by atoms with E-state index in [1.165, 1.54) is 6.42 Å². The molecular weight excluding hydrogens is 368 g/mol. The van der Waals surface area contributed by atoms with Crippen molar-refractivity contribution in [3.63, 3.8) is 0 Å². The first-order chi connectivity index (χ1) is 12.7. The van der Waals surface area contributed by atoms with Gasteiger partial charge in [0.25, 0.3) is 11.1 Å². The van der Waals surface area contributed by atoms with Gasteiger partial charge in [0.2, 0.25) is 0 Å². The number of imide groups is 1. The molecule has 3 heterocycles. The molecule has 0 unspecified atom stereocenters. The van der Waals surface area contributed by atoms with E-state index in [0.717, 1.165) is 48.5 Å². The minimum absolute atomic E-state index is 0.239. The van der Waals surface area contributed by atoms with Crippen molar-refractivity contribution in [1.29, 1.82) is 0 Å². The Bertz CT molecular complexity index is 771. The van der Waals surface area contributed by atoms with Crippen LogP contribution < -0.4 is 4.90 Å². The molecule has 2 amide bonds. The normalized spacial score (nSPS) is 19.9. The van der Waals surface area contributed by atoms with Gasteiger partial charge in [0, 0.05) is 25.2 Å². The summed E-state index contributed by atoms with van der Waals surface area (Å²) in [4.78, 5) is 39.9. The van der Waals surface area contributed by atoms with Crippen LogP contribution in [0.1, 0.15) is 45.8 Å². The standard InChI is InChI=1S/C19H24N2O5S/c1-19(2,3)26-16(22)12-21-17(23)14(27-18(21)24)11-13-7-8-15(25-13)20-9-5-4-6-10-20/h7-8,11H,4-6,9-10,12H2,1-3H3/b14-11-. The van der Waals surface area contributed by atoms with Crippen molar-refractivity contribution in [3.05, 3.63) is 22.8 Å². The van der Waals surface area contributed by atoms with Gasteiger partial charge in [0.1, 0.15) is 17.9 Å². The summed E-state index contributed by atoms with van der Waals surface area (Å²) in [6.07, 6.45) is 5.06. The maximum atomic E-state index is 12.5. The quantitative estimate of drug-likeness (QED) is 0.571. The Labute approximate surface area is 162 Å². The number of carbonyl (C=O) groups excluding carboxylic acids is 3. The summed E-state index contributed by atoms with van der Waals surface area (Å²) in [5.41, 5.74) is -0.673. The van der Waals surface area contributed by atoms with Crippen molar-refractivity contribution in [3.8, 4) is 0 Å². The number of piperidine rings is 1. The largest absolute Gasteiger partial charge is 0.459 e. The summed E-state index contributed by atoms with van der Waals surface area (Å²) in [5.74, 6) is 0.162. The van der Waals surface area contributed by atoms with Crippen molar-refractivity contribution >= 4 is 40.8 Å². The van der Waals surface area contributed by atoms with Crippen LogP contribution in [0.2, 0.25) is 0 Å². The Hall–Kier alpha value is -2.22. The number of thioether (sulfide) groups is 1. The molecule has 0 spiro atoms. The molecule has 1 aromatic heterocycles. The molecule has 8 heteroatoms. The van der Waals surface area contributed by atoms with Gasteiger partial charge in [-0.05, 0) is 57.9 Å². The average Bonchev–Trinajstić information content (AvgIpc) is 3.15. The number of furan rings is 1. The van der Waals surface area contributed by atoms with E-state index in [4.69, 9.17) is 9.15 Å². The Morgan fingerprint density at radius 2 is 1.93 bits per heavy atom. The summed E-state index contributed by atoms with van der Waals surface area (Å²) in [6.45, 7) is 6.72. The lowest BCUT2D eigenvalue weighted by atomic mass is 10.1. The fourth-order valence-corrected chi connectivity index (χ4v) is 3.79. The van der Waals surface area contributed by atoms with E-state index in [9.17, 15) is 14.4 Å². The number of anilines is 1. The van der Waals surface area contributed by atoms with Crippen LogP contribution in [0.15, 0.2) is 21.5 Å². The summed E-state index contributed by atoms with van der Waals surface area (Å²) in [7, 11) is 0. The molecule has 0 saturated carbocycles. The number of nitrogens with zero attached hydrogens (tertiary/aromatic N) is 2. The minimum atomic E-state index is -0.673. The van der Waals surface area contributed by atoms with E-state index in [0.29, 0.717) is 5.76 Å². The molecule has 2 saturated heterocycles. The highest BCUT2D eigenvalue weighted by Crippen LogP contribution is 2.33. The van der Waals surface area contributed by atoms with E-state index in [1.807, 2.05) is 6.07 Å². The molecule has 2 aliphatic heterocycles. The van der Waals surface area contributed by atoms with Gasteiger partial charge in [-0.3, -0.25) is 19.3 Å². The molecule has 0 aliphatic carbocycles. The smallest absolute Gasteiger partial charge is 0.326 e. The van der Waals surface area contributed by atoms with Crippen molar-refractivity contribution in [2.45, 2.75) is 45.6 Å². The van der Waals surface area contributed by atoms with Crippen LogP contribution in [0.25, 0.3) is 6.08 Å².